The highest BCUT2D eigenvalue weighted by molar-refractivity contribution is 14.0. The molecule has 32 heavy (non-hydrogen) atoms. The van der Waals surface area contributed by atoms with Crippen LogP contribution in [0.2, 0.25) is 0 Å². The number of hydrogen-bond donors (Lipinski definition) is 2. The topological polar surface area (TPSA) is 66.0 Å². The van der Waals surface area contributed by atoms with Gasteiger partial charge in [0.2, 0.25) is 0 Å². The van der Waals surface area contributed by atoms with Crippen LogP contribution < -0.4 is 15.4 Å². The van der Waals surface area contributed by atoms with Crippen LogP contribution in [-0.4, -0.2) is 49.0 Å². The van der Waals surface area contributed by atoms with Gasteiger partial charge in [-0.05, 0) is 49.4 Å². The van der Waals surface area contributed by atoms with Crippen molar-refractivity contribution in [2.45, 2.75) is 44.7 Å². The average Bonchev–Trinajstić information content (AvgIpc) is 3.47. The Bertz CT molecular complexity index is 902. The van der Waals surface area contributed by atoms with Crippen LogP contribution in [0.15, 0.2) is 59.6 Å². The van der Waals surface area contributed by atoms with E-state index in [1.807, 2.05) is 24.3 Å². The van der Waals surface area contributed by atoms with Crippen molar-refractivity contribution in [3.8, 4) is 5.75 Å². The molecule has 2 fully saturated rings. The first-order valence-electron chi connectivity index (χ1n) is 11.3. The van der Waals surface area contributed by atoms with Gasteiger partial charge >= 0.3 is 0 Å². The molecule has 1 atom stereocenters. The van der Waals surface area contributed by atoms with Crippen LogP contribution in [0.25, 0.3) is 0 Å². The minimum atomic E-state index is -0.0534. The molecule has 1 heterocycles. The molecule has 0 bridgehead atoms. The maximum Gasteiger partial charge on any atom is 0.258 e. The summed E-state index contributed by atoms with van der Waals surface area (Å²) in [5, 5.41) is 6.38. The SMILES string of the molecule is CCNC(=NCc1cccc(OCC(=O)NC2CC2)c1)N1CCC(c2ccccc2)C1.I. The molecule has 1 unspecified atom stereocenters. The van der Waals surface area contributed by atoms with Crippen LogP contribution in [0.5, 0.6) is 5.75 Å². The van der Waals surface area contributed by atoms with Gasteiger partial charge in [-0.25, -0.2) is 4.99 Å². The van der Waals surface area contributed by atoms with Gasteiger partial charge in [0, 0.05) is 31.6 Å². The molecule has 4 rings (SSSR count). The van der Waals surface area contributed by atoms with E-state index in [0.29, 0.717) is 24.3 Å². The van der Waals surface area contributed by atoms with Crippen molar-refractivity contribution in [2.24, 2.45) is 4.99 Å². The van der Waals surface area contributed by atoms with E-state index >= 15 is 0 Å². The number of hydrogen-bond acceptors (Lipinski definition) is 3. The first kappa shape index (κ1) is 24.4. The number of guanidine groups is 1. The van der Waals surface area contributed by atoms with Gasteiger partial charge in [-0.15, -0.1) is 24.0 Å². The van der Waals surface area contributed by atoms with E-state index in [2.05, 4.69) is 52.8 Å². The summed E-state index contributed by atoms with van der Waals surface area (Å²) in [5.41, 5.74) is 2.46. The van der Waals surface area contributed by atoms with Crippen molar-refractivity contribution in [2.75, 3.05) is 26.2 Å². The summed E-state index contributed by atoms with van der Waals surface area (Å²) in [4.78, 5) is 19.1. The van der Waals surface area contributed by atoms with Gasteiger partial charge in [0.15, 0.2) is 12.6 Å². The van der Waals surface area contributed by atoms with Gasteiger partial charge < -0.3 is 20.3 Å². The Labute approximate surface area is 207 Å². The number of carbonyl (C=O) groups excluding carboxylic acids is 1. The number of nitrogens with one attached hydrogen (secondary N) is 2. The highest BCUT2D eigenvalue weighted by Crippen LogP contribution is 2.27. The third-order valence-electron chi connectivity index (χ3n) is 5.72. The Balaban J connectivity index is 0.00000289. The minimum Gasteiger partial charge on any atom is -0.484 e. The fourth-order valence-electron chi connectivity index (χ4n) is 3.92. The second-order valence-electron chi connectivity index (χ2n) is 8.29. The Morgan fingerprint density at radius 1 is 1.12 bits per heavy atom. The van der Waals surface area contributed by atoms with Crippen molar-refractivity contribution < 1.29 is 9.53 Å². The fourth-order valence-corrected chi connectivity index (χ4v) is 3.92. The summed E-state index contributed by atoms with van der Waals surface area (Å²) in [6.45, 7) is 5.55. The molecule has 1 aliphatic carbocycles. The standard InChI is InChI=1S/C25H32N4O2.HI/c1-2-26-25(29-14-13-21(17-29)20-8-4-3-5-9-20)27-16-19-7-6-10-23(15-19)31-18-24(30)28-22-11-12-22;/h3-10,15,21-22H,2,11-14,16-18H2,1H3,(H,26,27)(H,28,30);1H. The highest BCUT2D eigenvalue weighted by atomic mass is 127. The summed E-state index contributed by atoms with van der Waals surface area (Å²) in [6.07, 6.45) is 3.30. The number of nitrogens with zero attached hydrogens (tertiary/aromatic N) is 2. The lowest BCUT2D eigenvalue weighted by Gasteiger charge is -2.22. The molecule has 7 heteroatoms. The molecule has 2 N–H and O–H groups in total. The first-order valence-corrected chi connectivity index (χ1v) is 11.3. The molecule has 1 aliphatic heterocycles. The van der Waals surface area contributed by atoms with Crippen molar-refractivity contribution in [1.82, 2.24) is 15.5 Å². The Hall–Kier alpha value is -2.29. The lowest BCUT2D eigenvalue weighted by atomic mass is 9.99. The second kappa shape index (κ2) is 12.1. The van der Waals surface area contributed by atoms with Crippen molar-refractivity contribution in [3.05, 3.63) is 65.7 Å². The van der Waals surface area contributed by atoms with Gasteiger partial charge in [0.25, 0.3) is 5.91 Å². The number of benzene rings is 2. The maximum absolute atomic E-state index is 11.8. The van der Waals surface area contributed by atoms with Crippen molar-refractivity contribution >= 4 is 35.8 Å². The van der Waals surface area contributed by atoms with Gasteiger partial charge in [-0.1, -0.05) is 42.5 Å². The molecule has 0 spiro atoms. The normalized spacial score (nSPS) is 18.1. The third kappa shape index (κ3) is 7.12. The van der Waals surface area contributed by atoms with Gasteiger partial charge in [-0.2, -0.15) is 0 Å². The lowest BCUT2D eigenvalue weighted by molar-refractivity contribution is -0.123. The number of halogens is 1. The highest BCUT2D eigenvalue weighted by Gasteiger charge is 2.26. The summed E-state index contributed by atoms with van der Waals surface area (Å²) >= 11 is 0. The predicted molar refractivity (Wildman–Crippen MR) is 139 cm³/mol. The average molecular weight is 548 g/mol. The third-order valence-corrected chi connectivity index (χ3v) is 5.72. The van der Waals surface area contributed by atoms with Crippen molar-refractivity contribution in [1.29, 1.82) is 0 Å². The van der Waals surface area contributed by atoms with E-state index in [9.17, 15) is 4.79 Å². The molecule has 6 nitrogen and oxygen atoms in total. The molecule has 0 radical (unpaired) electrons. The van der Waals surface area contributed by atoms with Gasteiger partial charge in [0.1, 0.15) is 5.75 Å². The Morgan fingerprint density at radius 3 is 2.69 bits per heavy atom. The zero-order valence-electron chi connectivity index (χ0n) is 18.6. The number of likely N-dealkylation sites (tertiary alicyclic amines) is 1. The largest absolute Gasteiger partial charge is 0.484 e. The first-order chi connectivity index (χ1) is 15.2. The molecule has 0 aromatic heterocycles. The zero-order chi connectivity index (χ0) is 21.5. The van der Waals surface area contributed by atoms with Crippen LogP contribution in [0, 0.1) is 0 Å². The van der Waals surface area contributed by atoms with Crippen LogP contribution >= 0.6 is 24.0 Å². The monoisotopic (exact) mass is 548 g/mol. The molecular formula is C25H33IN4O2. The smallest absolute Gasteiger partial charge is 0.258 e. The van der Waals surface area contributed by atoms with E-state index < -0.39 is 0 Å². The summed E-state index contributed by atoms with van der Waals surface area (Å²) in [5.74, 6) is 2.15. The summed E-state index contributed by atoms with van der Waals surface area (Å²) in [6, 6.07) is 18.9. The van der Waals surface area contributed by atoms with E-state index in [4.69, 9.17) is 9.73 Å². The molecular weight excluding hydrogens is 515 g/mol. The summed E-state index contributed by atoms with van der Waals surface area (Å²) in [7, 11) is 0. The van der Waals surface area contributed by atoms with Crippen LogP contribution in [0.3, 0.4) is 0 Å². The van der Waals surface area contributed by atoms with Crippen LogP contribution in [0.4, 0.5) is 0 Å². The van der Waals surface area contributed by atoms with Gasteiger partial charge in [0.05, 0.1) is 6.54 Å². The summed E-state index contributed by atoms with van der Waals surface area (Å²) < 4.78 is 5.67. The molecule has 2 aromatic rings. The predicted octanol–water partition coefficient (Wildman–Crippen LogP) is 3.92. The van der Waals surface area contributed by atoms with Crippen LogP contribution in [-0.2, 0) is 11.3 Å². The maximum atomic E-state index is 11.8. The van der Waals surface area contributed by atoms with E-state index in [-0.39, 0.29) is 36.5 Å². The van der Waals surface area contributed by atoms with Gasteiger partial charge in [-0.3, -0.25) is 4.79 Å². The van der Waals surface area contributed by atoms with E-state index in [1.165, 1.54) is 5.56 Å². The second-order valence-corrected chi connectivity index (χ2v) is 8.29. The molecule has 2 aliphatic rings. The minimum absolute atomic E-state index is 0. The number of carbonyl (C=O) groups is 1. The molecule has 1 amide bonds. The number of ether oxygens (including phenoxy) is 1. The molecule has 1 saturated heterocycles. The van der Waals surface area contributed by atoms with E-state index in [0.717, 1.165) is 50.4 Å². The quantitative estimate of drug-likeness (QED) is 0.298. The molecule has 1 saturated carbocycles. The van der Waals surface area contributed by atoms with Crippen molar-refractivity contribution in [3.63, 3.8) is 0 Å². The van der Waals surface area contributed by atoms with E-state index in [1.54, 1.807) is 0 Å². The zero-order valence-corrected chi connectivity index (χ0v) is 21.0. The number of amides is 1. The van der Waals surface area contributed by atoms with Crippen LogP contribution in [0.1, 0.15) is 43.2 Å². The molecule has 2 aromatic carbocycles. The Morgan fingerprint density at radius 2 is 1.94 bits per heavy atom. The lowest BCUT2D eigenvalue weighted by Crippen LogP contribution is -2.40. The number of aliphatic imine (C=N–C) groups is 1. The fraction of sp³-hybridized carbons (Fsp3) is 0.440. The molecule has 172 valence electrons. The Kier molecular flexibility index (Phi) is 9.20. The number of rotatable bonds is 8.